The molecule has 2 aromatic rings. The molecule has 0 radical (unpaired) electrons. The summed E-state index contributed by atoms with van der Waals surface area (Å²) in [7, 11) is -1.07. The Morgan fingerprint density at radius 2 is 0.722 bits per heavy atom. The van der Waals surface area contributed by atoms with Crippen molar-refractivity contribution in [1.82, 2.24) is 0 Å². The van der Waals surface area contributed by atoms with Gasteiger partial charge in [0.15, 0.2) is 0 Å². The highest BCUT2D eigenvalue weighted by atomic mass is 35.5. The van der Waals surface area contributed by atoms with Gasteiger partial charge < -0.3 is 12.4 Å². The molecular formula is C34H56ClP. The van der Waals surface area contributed by atoms with E-state index >= 15 is 0 Å². The molecule has 0 amide bonds. The first-order valence-electron chi connectivity index (χ1n) is 15.2. The topological polar surface area (TPSA) is 0 Å². The zero-order chi connectivity index (χ0) is 24.9. The third-order valence-corrected chi connectivity index (χ3v) is 12.3. The third-order valence-electron chi connectivity index (χ3n) is 7.69. The molecule has 0 heterocycles. The van der Waals surface area contributed by atoms with Crippen molar-refractivity contribution in [1.29, 1.82) is 0 Å². The molecule has 2 heteroatoms. The zero-order valence-corrected chi connectivity index (χ0v) is 25.4. The van der Waals surface area contributed by atoms with Crippen LogP contribution in [0, 0.1) is 0 Å². The van der Waals surface area contributed by atoms with Crippen LogP contribution in [0.3, 0.4) is 0 Å². The van der Waals surface area contributed by atoms with Gasteiger partial charge in [0.25, 0.3) is 0 Å². The summed E-state index contributed by atoms with van der Waals surface area (Å²) < 4.78 is 0. The van der Waals surface area contributed by atoms with E-state index in [1.165, 1.54) is 127 Å². The van der Waals surface area contributed by atoms with Gasteiger partial charge in [-0.15, -0.1) is 0 Å². The maximum atomic E-state index is 2.39. The summed E-state index contributed by atoms with van der Waals surface area (Å²) in [6, 6.07) is 22.9. The Balaban J connectivity index is 0.00000648. The van der Waals surface area contributed by atoms with Gasteiger partial charge in [0.2, 0.25) is 0 Å². The van der Waals surface area contributed by atoms with Gasteiger partial charge in [0.05, 0.1) is 24.6 Å². The molecule has 0 saturated heterocycles. The second kappa shape index (κ2) is 22.2. The highest BCUT2D eigenvalue weighted by molar-refractivity contribution is 7.74. The molecule has 0 bridgehead atoms. The molecule has 0 atom stereocenters. The van der Waals surface area contributed by atoms with E-state index in [0.717, 1.165) is 0 Å². The average Bonchev–Trinajstić information content (AvgIpc) is 2.88. The number of benzene rings is 2. The lowest BCUT2D eigenvalue weighted by Gasteiger charge is -2.29. The predicted molar refractivity (Wildman–Crippen MR) is 162 cm³/mol. The summed E-state index contributed by atoms with van der Waals surface area (Å²) in [5, 5.41) is 0. The van der Waals surface area contributed by atoms with Crippen LogP contribution in [-0.4, -0.2) is 12.3 Å². The van der Waals surface area contributed by atoms with Crippen molar-refractivity contribution in [3.63, 3.8) is 0 Å². The molecule has 204 valence electrons. The van der Waals surface area contributed by atoms with E-state index in [9.17, 15) is 0 Å². The molecule has 0 unspecified atom stereocenters. The molecule has 0 N–H and O–H groups in total. The van der Waals surface area contributed by atoms with Crippen molar-refractivity contribution in [3.8, 4) is 0 Å². The van der Waals surface area contributed by atoms with Gasteiger partial charge in [-0.25, -0.2) is 0 Å². The van der Waals surface area contributed by atoms with Crippen LogP contribution < -0.4 is 12.4 Å². The van der Waals surface area contributed by atoms with Gasteiger partial charge in [-0.05, 0) is 36.8 Å². The van der Waals surface area contributed by atoms with Crippen LogP contribution in [0.2, 0.25) is 0 Å². The minimum atomic E-state index is -1.07. The molecule has 36 heavy (non-hydrogen) atoms. The number of hydrogen-bond donors (Lipinski definition) is 0. The molecule has 2 aromatic carbocycles. The van der Waals surface area contributed by atoms with Gasteiger partial charge in [0.1, 0.15) is 0 Å². The summed E-state index contributed by atoms with van der Waals surface area (Å²) >= 11 is 0. The second-order valence-corrected chi connectivity index (χ2v) is 15.2. The lowest BCUT2D eigenvalue weighted by molar-refractivity contribution is -0.00000766. The molecule has 2 rings (SSSR count). The Hall–Kier alpha value is -0.840. The average molecular weight is 531 g/mol. The van der Waals surface area contributed by atoms with Gasteiger partial charge in [0, 0.05) is 7.26 Å². The van der Waals surface area contributed by atoms with E-state index < -0.39 is 7.26 Å². The van der Waals surface area contributed by atoms with Crippen molar-refractivity contribution in [3.05, 3.63) is 71.8 Å². The van der Waals surface area contributed by atoms with Gasteiger partial charge >= 0.3 is 0 Å². The third kappa shape index (κ3) is 15.4. The van der Waals surface area contributed by atoms with Gasteiger partial charge in [-0.1, -0.05) is 152 Å². The number of hydrogen-bond acceptors (Lipinski definition) is 0. The SMILES string of the molecule is CCCCCCCCCC[P+](CCCCCCCCCC)(Cc1ccccc1)Cc1ccccc1.[Cl-]. The first-order valence-corrected chi connectivity index (χ1v) is 17.7. The molecule has 0 nitrogen and oxygen atoms in total. The lowest BCUT2D eigenvalue weighted by atomic mass is 10.1. The van der Waals surface area contributed by atoms with Crippen LogP contribution >= 0.6 is 7.26 Å². The first-order chi connectivity index (χ1) is 17.3. The highest BCUT2D eigenvalue weighted by Crippen LogP contribution is 2.65. The minimum absolute atomic E-state index is 0. The zero-order valence-electron chi connectivity index (χ0n) is 23.7. The molecule has 0 saturated carbocycles. The van der Waals surface area contributed by atoms with E-state index in [1.807, 2.05) is 0 Å². The molecular weight excluding hydrogens is 475 g/mol. The Morgan fingerprint density at radius 1 is 0.417 bits per heavy atom. The molecule has 0 spiro atoms. The maximum Gasteiger partial charge on any atom is 0.0846 e. The Bertz CT molecular complexity index is 651. The Morgan fingerprint density at radius 3 is 1.06 bits per heavy atom. The largest absolute Gasteiger partial charge is 1.00 e. The van der Waals surface area contributed by atoms with E-state index in [2.05, 4.69) is 74.5 Å². The fraction of sp³-hybridized carbons (Fsp3) is 0.647. The summed E-state index contributed by atoms with van der Waals surface area (Å²) in [5.41, 5.74) is 3.16. The Kier molecular flexibility index (Phi) is 20.4. The van der Waals surface area contributed by atoms with Crippen LogP contribution in [0.1, 0.15) is 128 Å². The molecule has 0 aliphatic rings. The molecule has 0 aliphatic carbocycles. The highest BCUT2D eigenvalue weighted by Gasteiger charge is 2.36. The van der Waals surface area contributed by atoms with Crippen LogP contribution in [0.15, 0.2) is 60.7 Å². The van der Waals surface area contributed by atoms with E-state index in [0.29, 0.717) is 0 Å². The van der Waals surface area contributed by atoms with Crippen molar-refractivity contribution >= 4 is 7.26 Å². The number of rotatable bonds is 22. The van der Waals surface area contributed by atoms with Crippen molar-refractivity contribution < 1.29 is 12.4 Å². The predicted octanol–water partition coefficient (Wildman–Crippen LogP) is 8.69. The first kappa shape index (κ1) is 33.2. The fourth-order valence-corrected chi connectivity index (χ4v) is 10.3. The fourth-order valence-electron chi connectivity index (χ4n) is 5.59. The summed E-state index contributed by atoms with van der Waals surface area (Å²) in [6.07, 6.45) is 28.5. The molecule has 0 aliphatic heterocycles. The van der Waals surface area contributed by atoms with Crippen molar-refractivity contribution in [2.24, 2.45) is 0 Å². The summed E-state index contributed by atoms with van der Waals surface area (Å²) in [6.45, 7) is 4.63. The number of halogens is 1. The van der Waals surface area contributed by atoms with Crippen LogP contribution in [-0.2, 0) is 12.3 Å². The second-order valence-electron chi connectivity index (χ2n) is 11.0. The van der Waals surface area contributed by atoms with E-state index in [4.69, 9.17) is 0 Å². The standard InChI is InChI=1S/C34H56P.ClH/c1-3-5-7-9-11-13-15-23-29-35(31-33-25-19-17-20-26-33,32-34-27-21-18-22-28-34)30-24-16-14-12-10-8-6-4-2;/h17-22,25-28H,3-16,23-24,29-32H2,1-2H3;1H/q+1;/p-1. The van der Waals surface area contributed by atoms with Gasteiger partial charge in [-0.3, -0.25) is 0 Å². The van der Waals surface area contributed by atoms with Gasteiger partial charge in [-0.2, -0.15) is 0 Å². The van der Waals surface area contributed by atoms with E-state index in [-0.39, 0.29) is 12.4 Å². The lowest BCUT2D eigenvalue weighted by Crippen LogP contribution is -3.00. The van der Waals surface area contributed by atoms with Crippen LogP contribution in [0.5, 0.6) is 0 Å². The number of unbranched alkanes of at least 4 members (excludes halogenated alkanes) is 14. The van der Waals surface area contributed by atoms with Crippen molar-refractivity contribution in [2.45, 2.75) is 129 Å². The molecule has 0 fully saturated rings. The molecule has 0 aromatic heterocycles. The summed E-state index contributed by atoms with van der Waals surface area (Å²) in [4.78, 5) is 0. The maximum absolute atomic E-state index is 2.39. The quantitative estimate of drug-likeness (QED) is 0.105. The van der Waals surface area contributed by atoms with Crippen LogP contribution in [0.4, 0.5) is 0 Å². The monoisotopic (exact) mass is 530 g/mol. The summed E-state index contributed by atoms with van der Waals surface area (Å²) in [5.74, 6) is 0. The van der Waals surface area contributed by atoms with E-state index in [1.54, 1.807) is 11.1 Å². The Labute approximate surface area is 232 Å². The normalized spacial score (nSPS) is 11.4. The smallest absolute Gasteiger partial charge is 0.0846 e. The minimum Gasteiger partial charge on any atom is -1.00 e. The van der Waals surface area contributed by atoms with Crippen molar-refractivity contribution in [2.75, 3.05) is 12.3 Å². The van der Waals surface area contributed by atoms with Crippen LogP contribution in [0.25, 0.3) is 0 Å².